The Kier molecular flexibility index (Phi) is 38.8. The molecule has 0 radical (unpaired) electrons. The average Bonchev–Trinajstić information content (AvgIpc) is 3.80. The van der Waals surface area contributed by atoms with Crippen LogP contribution in [0, 0.1) is 25.7 Å². The fourth-order valence-corrected chi connectivity index (χ4v) is 7.54. The first-order valence-corrected chi connectivity index (χ1v) is 22.8. The lowest BCUT2D eigenvalue weighted by molar-refractivity contribution is 0.400. The van der Waals surface area contributed by atoms with E-state index in [-0.39, 0.29) is 0 Å². The number of terminal acetylenes is 1. The van der Waals surface area contributed by atoms with Crippen molar-refractivity contribution in [3.63, 3.8) is 0 Å². The zero-order valence-electron chi connectivity index (χ0n) is 39.0. The highest BCUT2D eigenvalue weighted by Crippen LogP contribution is 2.55. The van der Waals surface area contributed by atoms with Crippen LogP contribution in [0.4, 0.5) is 0 Å². The van der Waals surface area contributed by atoms with Crippen LogP contribution in [0.2, 0.25) is 0 Å². The van der Waals surface area contributed by atoms with Crippen molar-refractivity contribution in [2.24, 2.45) is 5.92 Å². The highest BCUT2D eigenvalue weighted by Gasteiger charge is 2.43. The van der Waals surface area contributed by atoms with E-state index in [9.17, 15) is 0 Å². The maximum Gasteiger partial charge on any atom is 0.0212 e. The van der Waals surface area contributed by atoms with Gasteiger partial charge in [-0.3, -0.25) is 0 Å². The quantitative estimate of drug-likeness (QED) is 0.101. The summed E-state index contributed by atoms with van der Waals surface area (Å²) in [5.74, 6) is 0.722. The van der Waals surface area contributed by atoms with Gasteiger partial charge < -0.3 is 0 Å². The van der Waals surface area contributed by atoms with Crippen LogP contribution in [0.1, 0.15) is 215 Å². The minimum absolute atomic E-state index is 0.312. The monoisotopic (exact) mass is 753 g/mol. The lowest BCUT2D eigenvalue weighted by Crippen LogP contribution is -2.26. The van der Waals surface area contributed by atoms with Gasteiger partial charge in [-0.1, -0.05) is 223 Å². The summed E-state index contributed by atoms with van der Waals surface area (Å²) in [6.45, 7) is 36.2. The fourth-order valence-electron chi connectivity index (χ4n) is 7.54. The van der Waals surface area contributed by atoms with Crippen LogP contribution in [0.25, 0.3) is 5.57 Å². The Hall–Kier alpha value is -3.04. The first-order valence-electron chi connectivity index (χ1n) is 22.8. The predicted molar refractivity (Wildman–Crippen MR) is 258 cm³/mol. The second-order valence-corrected chi connectivity index (χ2v) is 14.8. The molecule has 0 fully saturated rings. The Morgan fingerprint density at radius 1 is 0.691 bits per heavy atom. The first kappa shape index (κ1) is 56.3. The van der Waals surface area contributed by atoms with Gasteiger partial charge >= 0.3 is 0 Å². The SMILES string of the molecule is C#C.C=C.C=C1/C=C\C(C)=C/CC(CCCC)/C=C(/C)CC1.CC.CC.CCCCC.CCCCCCC1(CCCCC)C2=C(CC=C2)c2ccc(C)cc21. The van der Waals surface area contributed by atoms with E-state index >= 15 is 0 Å². The van der Waals surface area contributed by atoms with Crippen LogP contribution in [0.15, 0.2) is 96.7 Å². The van der Waals surface area contributed by atoms with Gasteiger partial charge in [-0.25, -0.2) is 0 Å². The molecule has 55 heavy (non-hydrogen) atoms. The first-order chi connectivity index (χ1) is 26.8. The van der Waals surface area contributed by atoms with Crippen molar-refractivity contribution in [2.75, 3.05) is 0 Å². The van der Waals surface area contributed by atoms with Crippen LogP contribution in [0.3, 0.4) is 0 Å². The van der Waals surface area contributed by atoms with Crippen LogP contribution < -0.4 is 0 Å². The van der Waals surface area contributed by atoms with Crippen molar-refractivity contribution >= 4 is 5.57 Å². The van der Waals surface area contributed by atoms with Crippen molar-refractivity contribution in [3.8, 4) is 12.8 Å². The van der Waals surface area contributed by atoms with Crippen molar-refractivity contribution in [3.05, 3.63) is 113 Å². The minimum Gasteiger partial charge on any atom is -0.124 e. The minimum atomic E-state index is 0.312. The Labute approximate surface area is 347 Å². The topological polar surface area (TPSA) is 0 Å². The number of benzene rings is 1. The van der Waals surface area contributed by atoms with E-state index in [4.69, 9.17) is 0 Å². The van der Waals surface area contributed by atoms with Gasteiger partial charge in [0.25, 0.3) is 0 Å². The molecule has 0 aromatic heterocycles. The number of allylic oxidation sites excluding steroid dienone is 11. The molecule has 1 aromatic rings. The van der Waals surface area contributed by atoms with Gasteiger partial charge in [0.05, 0.1) is 0 Å². The highest BCUT2D eigenvalue weighted by atomic mass is 14.5. The standard InChI is InChI=1S/C24H34.C18H28.C5H12.2C2H6.C2H4.C2H2/c1-4-6-8-10-17-24(16-9-7-5-2)22-13-11-12-20(22)21-15-14-19(3)18-23(21)24;1-5-6-7-18-13-12-16(3)9-8-15(2)10-11-17(4)14-18;1-3-5-4-2;4*1-2/h11,13-15,18H,4-10,12,16-17H2,1-3H3;8-9,12,14,18H,2,5-7,10-11,13H2,1,3-4H3;3-5H2,1-2H3;2*1-2H3;1-2H2;1-2H/b;9-8-,16-12-,17-14-;;;;;. The fraction of sp³-hybridized carbons (Fsp3) is 0.600. The Morgan fingerprint density at radius 2 is 1.25 bits per heavy atom. The summed E-state index contributed by atoms with van der Waals surface area (Å²) in [4.78, 5) is 0. The lowest BCUT2D eigenvalue weighted by Gasteiger charge is -2.34. The zero-order chi connectivity index (χ0) is 42.5. The van der Waals surface area contributed by atoms with E-state index in [2.05, 4.69) is 143 Å². The number of hydrogen-bond acceptors (Lipinski definition) is 0. The molecular formula is C55H92. The van der Waals surface area contributed by atoms with Crippen molar-refractivity contribution in [1.82, 2.24) is 0 Å². The molecule has 2 unspecified atom stereocenters. The molecule has 0 saturated heterocycles. The Morgan fingerprint density at radius 3 is 1.82 bits per heavy atom. The third-order valence-corrected chi connectivity index (χ3v) is 10.4. The molecule has 2 atom stereocenters. The Balaban J connectivity index is -0.000000770. The van der Waals surface area contributed by atoms with Gasteiger partial charge in [0, 0.05) is 5.41 Å². The molecule has 0 spiro atoms. The zero-order valence-corrected chi connectivity index (χ0v) is 39.0. The van der Waals surface area contributed by atoms with E-state index in [0.717, 1.165) is 25.2 Å². The lowest BCUT2D eigenvalue weighted by atomic mass is 9.69. The third kappa shape index (κ3) is 22.3. The number of hydrogen-bond donors (Lipinski definition) is 0. The molecule has 0 saturated carbocycles. The molecular weight excluding hydrogens is 661 g/mol. The molecule has 0 bridgehead atoms. The van der Waals surface area contributed by atoms with Crippen LogP contribution in [0.5, 0.6) is 0 Å². The van der Waals surface area contributed by atoms with Crippen LogP contribution in [-0.2, 0) is 5.41 Å². The van der Waals surface area contributed by atoms with E-state index in [1.807, 2.05) is 27.7 Å². The van der Waals surface area contributed by atoms with Crippen molar-refractivity contribution < 1.29 is 0 Å². The Bertz CT molecular complexity index is 1270. The largest absolute Gasteiger partial charge is 0.124 e. The maximum absolute atomic E-state index is 4.11. The molecule has 0 aliphatic heterocycles. The third-order valence-electron chi connectivity index (χ3n) is 10.4. The molecule has 312 valence electrons. The van der Waals surface area contributed by atoms with Gasteiger partial charge in [-0.05, 0) is 93.9 Å². The van der Waals surface area contributed by atoms with Crippen molar-refractivity contribution in [2.45, 2.75) is 210 Å². The molecule has 1 aromatic carbocycles. The summed E-state index contributed by atoms with van der Waals surface area (Å²) in [6, 6.07) is 7.22. The number of fused-ring (bicyclic) bond motifs is 2. The molecule has 3 aliphatic carbocycles. The average molecular weight is 753 g/mol. The highest BCUT2D eigenvalue weighted by molar-refractivity contribution is 5.85. The molecule has 0 amide bonds. The molecule has 4 rings (SSSR count). The maximum atomic E-state index is 4.11. The van der Waals surface area contributed by atoms with Crippen molar-refractivity contribution in [1.29, 1.82) is 0 Å². The second kappa shape index (κ2) is 37.9. The van der Waals surface area contributed by atoms with Crippen LogP contribution >= 0.6 is 0 Å². The summed E-state index contributed by atoms with van der Waals surface area (Å²) in [5.41, 5.74) is 12.4. The van der Waals surface area contributed by atoms with Gasteiger partial charge in [0.15, 0.2) is 0 Å². The summed E-state index contributed by atoms with van der Waals surface area (Å²) in [5, 5.41) is 0. The van der Waals surface area contributed by atoms with Gasteiger partial charge in [-0.2, -0.15) is 0 Å². The number of unbranched alkanes of at least 4 members (excludes halogenated alkanes) is 8. The molecule has 3 aliphatic rings. The van der Waals surface area contributed by atoms with Gasteiger partial charge in [-0.15, -0.1) is 26.0 Å². The van der Waals surface area contributed by atoms with Crippen LogP contribution in [-0.4, -0.2) is 0 Å². The number of rotatable bonds is 14. The van der Waals surface area contributed by atoms with Gasteiger partial charge in [0.1, 0.15) is 0 Å². The predicted octanol–water partition coefficient (Wildman–Crippen LogP) is 18.8. The molecule has 0 heteroatoms. The summed E-state index contributed by atoms with van der Waals surface area (Å²) >= 11 is 0. The smallest absolute Gasteiger partial charge is 0.0212 e. The summed E-state index contributed by atoms with van der Waals surface area (Å²) in [7, 11) is 0. The summed E-state index contributed by atoms with van der Waals surface area (Å²) in [6.07, 6.45) is 46.9. The second-order valence-electron chi connectivity index (χ2n) is 14.8. The molecule has 0 heterocycles. The number of aryl methyl sites for hydroxylation is 1. The van der Waals surface area contributed by atoms with Gasteiger partial charge in [0.2, 0.25) is 0 Å². The normalized spacial score (nSPS) is 20.2. The molecule has 0 nitrogen and oxygen atoms in total. The summed E-state index contributed by atoms with van der Waals surface area (Å²) < 4.78 is 0. The van der Waals surface area contributed by atoms with E-state index in [1.54, 1.807) is 22.3 Å². The van der Waals surface area contributed by atoms with E-state index in [1.165, 1.54) is 125 Å². The van der Waals surface area contributed by atoms with E-state index < -0.39 is 0 Å². The van der Waals surface area contributed by atoms with E-state index in [0.29, 0.717) is 5.41 Å². The molecule has 0 N–H and O–H groups in total.